The van der Waals surface area contributed by atoms with Crippen LogP contribution in [0.1, 0.15) is 23.8 Å². The zero-order valence-corrected chi connectivity index (χ0v) is 16.8. The first kappa shape index (κ1) is 19.6. The summed E-state index contributed by atoms with van der Waals surface area (Å²) in [6.45, 7) is 1.30. The monoisotopic (exact) mass is 423 g/mol. The van der Waals surface area contributed by atoms with Gasteiger partial charge in [0.25, 0.3) is 5.91 Å². The highest BCUT2D eigenvalue weighted by atomic mass is 32.1. The standard InChI is InChI=1S/C20H17N5O4S/c1-12-9-16(26)23-13-5-2-3-6-15(13)25(12)17(27)10-29-20(28)14-11-30-19(24-14)18-21-7-4-8-22-18/h2-8,11-12H,9-10H2,1H3,(H,23,26). The van der Waals surface area contributed by atoms with Crippen molar-refractivity contribution in [1.29, 1.82) is 0 Å². The molecule has 4 rings (SSSR count). The van der Waals surface area contributed by atoms with Crippen molar-refractivity contribution in [3.05, 3.63) is 53.8 Å². The Labute approximate surface area is 175 Å². The van der Waals surface area contributed by atoms with Crippen LogP contribution >= 0.6 is 11.3 Å². The first-order valence-corrected chi connectivity index (χ1v) is 10.0. The minimum absolute atomic E-state index is 0.0800. The van der Waals surface area contributed by atoms with Gasteiger partial charge in [-0.3, -0.25) is 9.59 Å². The second-order valence-corrected chi connectivity index (χ2v) is 7.43. The molecule has 1 atom stereocenters. The van der Waals surface area contributed by atoms with Gasteiger partial charge in [-0.15, -0.1) is 11.3 Å². The van der Waals surface area contributed by atoms with Crippen molar-refractivity contribution in [2.45, 2.75) is 19.4 Å². The minimum atomic E-state index is -0.716. The molecule has 0 saturated carbocycles. The van der Waals surface area contributed by atoms with Gasteiger partial charge >= 0.3 is 5.97 Å². The van der Waals surface area contributed by atoms with E-state index in [4.69, 9.17) is 4.74 Å². The van der Waals surface area contributed by atoms with Crippen LogP contribution in [0.2, 0.25) is 0 Å². The number of nitrogens with one attached hydrogen (secondary N) is 1. The number of carbonyl (C=O) groups is 3. The molecule has 10 heteroatoms. The molecular weight excluding hydrogens is 406 g/mol. The van der Waals surface area contributed by atoms with E-state index >= 15 is 0 Å². The second-order valence-electron chi connectivity index (χ2n) is 6.57. The highest BCUT2D eigenvalue weighted by molar-refractivity contribution is 7.13. The Bertz CT molecular complexity index is 1100. The van der Waals surface area contributed by atoms with E-state index < -0.39 is 18.5 Å². The van der Waals surface area contributed by atoms with E-state index in [9.17, 15) is 14.4 Å². The minimum Gasteiger partial charge on any atom is -0.451 e. The molecule has 1 aliphatic rings. The lowest BCUT2D eigenvalue weighted by molar-refractivity contribution is -0.122. The largest absolute Gasteiger partial charge is 0.451 e. The number of nitrogens with zero attached hydrogens (tertiary/aromatic N) is 4. The number of carbonyl (C=O) groups excluding carboxylic acids is 3. The van der Waals surface area contributed by atoms with Gasteiger partial charge in [0.05, 0.1) is 11.4 Å². The fraction of sp³-hybridized carbons (Fsp3) is 0.200. The molecule has 1 aliphatic heterocycles. The molecule has 0 radical (unpaired) electrons. The van der Waals surface area contributed by atoms with Crippen LogP contribution in [-0.2, 0) is 14.3 Å². The molecule has 9 nitrogen and oxygen atoms in total. The molecule has 0 fully saturated rings. The zero-order valence-electron chi connectivity index (χ0n) is 15.9. The SMILES string of the molecule is CC1CC(=O)Nc2ccccc2N1C(=O)COC(=O)c1csc(-c2ncccn2)n1. The lowest BCUT2D eigenvalue weighted by Crippen LogP contribution is -2.41. The van der Waals surface area contributed by atoms with Crippen LogP contribution < -0.4 is 10.2 Å². The summed E-state index contributed by atoms with van der Waals surface area (Å²) in [5.74, 6) is -0.918. The number of amides is 2. The number of ether oxygens (including phenoxy) is 1. The summed E-state index contributed by atoms with van der Waals surface area (Å²) in [6.07, 6.45) is 3.31. The first-order valence-electron chi connectivity index (χ1n) is 9.14. The number of fused-ring (bicyclic) bond motifs is 1. The highest BCUT2D eigenvalue weighted by Gasteiger charge is 2.30. The Morgan fingerprint density at radius 3 is 2.80 bits per heavy atom. The average Bonchev–Trinajstić information content (AvgIpc) is 3.19. The van der Waals surface area contributed by atoms with Gasteiger partial charge < -0.3 is 15.0 Å². The third kappa shape index (κ3) is 4.03. The fourth-order valence-corrected chi connectivity index (χ4v) is 3.85. The van der Waals surface area contributed by atoms with Gasteiger partial charge in [0.15, 0.2) is 23.1 Å². The molecule has 0 spiro atoms. The van der Waals surface area contributed by atoms with E-state index in [1.165, 1.54) is 21.6 Å². The number of rotatable bonds is 4. The number of anilines is 2. The molecule has 1 unspecified atom stereocenters. The second kappa shape index (κ2) is 8.37. The smallest absolute Gasteiger partial charge is 0.358 e. The number of aromatic nitrogens is 3. The molecule has 2 amide bonds. The maximum atomic E-state index is 12.9. The summed E-state index contributed by atoms with van der Waals surface area (Å²) in [5.41, 5.74) is 1.18. The molecule has 30 heavy (non-hydrogen) atoms. The van der Waals surface area contributed by atoms with Crippen molar-refractivity contribution in [3.63, 3.8) is 0 Å². The number of para-hydroxylation sites is 2. The third-order valence-corrected chi connectivity index (χ3v) is 5.26. The van der Waals surface area contributed by atoms with Gasteiger partial charge in [0.1, 0.15) is 0 Å². The van der Waals surface area contributed by atoms with Crippen LogP contribution in [0.3, 0.4) is 0 Å². The summed E-state index contributed by atoms with van der Waals surface area (Å²) >= 11 is 1.21. The molecule has 2 aromatic heterocycles. The number of hydrogen-bond donors (Lipinski definition) is 1. The van der Waals surface area contributed by atoms with Crippen molar-refractivity contribution in [3.8, 4) is 10.8 Å². The molecule has 1 N–H and O–H groups in total. The summed E-state index contributed by atoms with van der Waals surface area (Å²) in [7, 11) is 0. The maximum absolute atomic E-state index is 12.9. The van der Waals surface area contributed by atoms with Crippen LogP contribution in [0.5, 0.6) is 0 Å². The lowest BCUT2D eigenvalue weighted by Gasteiger charge is -2.27. The first-order chi connectivity index (χ1) is 14.5. The van der Waals surface area contributed by atoms with E-state index in [0.717, 1.165) is 0 Å². The van der Waals surface area contributed by atoms with Crippen LogP contribution in [0.25, 0.3) is 10.8 Å². The molecule has 3 heterocycles. The van der Waals surface area contributed by atoms with Crippen LogP contribution in [0, 0.1) is 0 Å². The number of hydrogen-bond acceptors (Lipinski definition) is 8. The molecule has 0 saturated heterocycles. The number of thiazole rings is 1. The average molecular weight is 423 g/mol. The molecule has 152 valence electrons. The van der Waals surface area contributed by atoms with E-state index in [-0.39, 0.29) is 24.1 Å². The lowest BCUT2D eigenvalue weighted by atomic mass is 10.1. The van der Waals surface area contributed by atoms with Gasteiger partial charge in [0.2, 0.25) is 5.91 Å². The van der Waals surface area contributed by atoms with Crippen LogP contribution in [0.4, 0.5) is 11.4 Å². The fourth-order valence-electron chi connectivity index (χ4n) is 3.12. The van der Waals surface area contributed by atoms with Crippen molar-refractivity contribution < 1.29 is 19.1 Å². The topological polar surface area (TPSA) is 114 Å². The van der Waals surface area contributed by atoms with Crippen molar-refractivity contribution in [2.24, 2.45) is 0 Å². The Balaban J connectivity index is 1.46. The Morgan fingerprint density at radius 2 is 2.00 bits per heavy atom. The van der Waals surface area contributed by atoms with E-state index in [0.29, 0.717) is 22.2 Å². The molecule has 0 bridgehead atoms. The quantitative estimate of drug-likeness (QED) is 0.641. The Morgan fingerprint density at radius 1 is 1.23 bits per heavy atom. The predicted molar refractivity (Wildman–Crippen MR) is 110 cm³/mol. The van der Waals surface area contributed by atoms with Gasteiger partial charge in [-0.1, -0.05) is 12.1 Å². The summed E-state index contributed by atoms with van der Waals surface area (Å²) in [4.78, 5) is 51.1. The van der Waals surface area contributed by atoms with Gasteiger partial charge in [-0.25, -0.2) is 19.7 Å². The number of esters is 1. The van der Waals surface area contributed by atoms with Gasteiger partial charge in [0, 0.05) is 30.2 Å². The van der Waals surface area contributed by atoms with Crippen LogP contribution in [-0.4, -0.2) is 45.4 Å². The summed E-state index contributed by atoms with van der Waals surface area (Å²) < 4.78 is 5.19. The van der Waals surface area contributed by atoms with Crippen LogP contribution in [0.15, 0.2) is 48.1 Å². The third-order valence-electron chi connectivity index (χ3n) is 4.43. The predicted octanol–water partition coefficient (Wildman–Crippen LogP) is 2.52. The normalized spacial score (nSPS) is 15.7. The van der Waals surface area contributed by atoms with Crippen molar-refractivity contribution >= 4 is 40.5 Å². The molecule has 0 aliphatic carbocycles. The van der Waals surface area contributed by atoms with E-state index in [1.54, 1.807) is 49.6 Å². The van der Waals surface area contributed by atoms with Crippen molar-refractivity contribution in [1.82, 2.24) is 15.0 Å². The summed E-state index contributed by atoms with van der Waals surface area (Å²) in [6, 6.07) is 8.30. The molecule has 1 aromatic carbocycles. The van der Waals surface area contributed by atoms with Gasteiger partial charge in [-0.05, 0) is 25.1 Å². The van der Waals surface area contributed by atoms with E-state index in [1.807, 2.05) is 0 Å². The maximum Gasteiger partial charge on any atom is 0.358 e. The molecule has 3 aromatic rings. The Hall–Kier alpha value is -3.66. The zero-order chi connectivity index (χ0) is 21.1. The Kier molecular flexibility index (Phi) is 5.48. The van der Waals surface area contributed by atoms with Gasteiger partial charge in [-0.2, -0.15) is 0 Å². The highest BCUT2D eigenvalue weighted by Crippen LogP contribution is 2.31. The molecular formula is C20H17N5O4S. The van der Waals surface area contributed by atoms with Crippen molar-refractivity contribution in [2.75, 3.05) is 16.8 Å². The van der Waals surface area contributed by atoms with E-state index in [2.05, 4.69) is 20.3 Å². The summed E-state index contributed by atoms with van der Waals surface area (Å²) in [5, 5.41) is 4.80. The number of benzene rings is 1.